The Hall–Kier alpha value is -2.80. The summed E-state index contributed by atoms with van der Waals surface area (Å²) in [4.78, 5) is 17.1. The van der Waals surface area contributed by atoms with Crippen molar-refractivity contribution in [2.24, 2.45) is 13.0 Å². The highest BCUT2D eigenvalue weighted by molar-refractivity contribution is 5.96. The second-order valence-corrected chi connectivity index (χ2v) is 7.25. The summed E-state index contributed by atoms with van der Waals surface area (Å²) in [6, 6.07) is 7.87. The van der Waals surface area contributed by atoms with E-state index >= 15 is 0 Å². The third-order valence-electron chi connectivity index (χ3n) is 5.24. The number of nitrogens with one attached hydrogen (secondary N) is 2. The Kier molecular flexibility index (Phi) is 5.34. The van der Waals surface area contributed by atoms with E-state index in [9.17, 15) is 9.18 Å². The molecule has 3 heterocycles. The number of benzene rings is 1. The first-order valence-electron chi connectivity index (χ1n) is 9.64. The van der Waals surface area contributed by atoms with Gasteiger partial charge < -0.3 is 10.6 Å². The quantitative estimate of drug-likeness (QED) is 0.712. The maximum Gasteiger partial charge on any atom is 0.228 e. The number of aromatic nitrogens is 3. The zero-order valence-corrected chi connectivity index (χ0v) is 15.9. The minimum atomic E-state index is -0.488. The average Bonchev–Trinajstić information content (AvgIpc) is 3.15. The molecule has 4 rings (SSSR count). The van der Waals surface area contributed by atoms with Gasteiger partial charge in [-0.25, -0.2) is 4.98 Å². The van der Waals surface area contributed by atoms with Crippen molar-refractivity contribution in [3.63, 3.8) is 0 Å². The average molecular weight is 381 g/mol. The molecule has 28 heavy (non-hydrogen) atoms. The van der Waals surface area contributed by atoms with Gasteiger partial charge in [0.15, 0.2) is 0 Å². The van der Waals surface area contributed by atoms with E-state index in [1.54, 1.807) is 4.68 Å². The van der Waals surface area contributed by atoms with Gasteiger partial charge in [-0.1, -0.05) is 12.1 Å². The number of amides is 1. The lowest BCUT2D eigenvalue weighted by Gasteiger charge is -2.21. The lowest BCUT2D eigenvalue weighted by atomic mass is 9.97. The predicted molar refractivity (Wildman–Crippen MR) is 108 cm³/mol. The highest BCUT2D eigenvalue weighted by atomic mass is 19.1. The van der Waals surface area contributed by atoms with Crippen LogP contribution in [0.15, 0.2) is 36.7 Å². The number of hydrogen-bond acceptors (Lipinski definition) is 4. The number of aryl methyl sites for hydroxylation is 2. The maximum absolute atomic E-state index is 13.1. The molecule has 0 atom stereocenters. The molecule has 1 aromatic carbocycles. The number of piperidine rings is 1. The highest BCUT2D eigenvalue weighted by Crippen LogP contribution is 2.28. The Labute approximate surface area is 163 Å². The fourth-order valence-electron chi connectivity index (χ4n) is 3.74. The second kappa shape index (κ2) is 8.06. The third-order valence-corrected chi connectivity index (χ3v) is 5.24. The number of halogens is 1. The molecule has 1 aliphatic rings. The van der Waals surface area contributed by atoms with Gasteiger partial charge in [-0.05, 0) is 49.0 Å². The molecule has 2 N–H and O–H groups in total. The van der Waals surface area contributed by atoms with E-state index in [4.69, 9.17) is 0 Å². The van der Waals surface area contributed by atoms with Crippen molar-refractivity contribution in [2.45, 2.75) is 19.3 Å². The minimum absolute atomic E-state index is 0.00917. The molecule has 3 aromatic rings. The number of anilines is 1. The Bertz CT molecular complexity index is 994. The normalized spacial score (nSPS) is 15.1. The van der Waals surface area contributed by atoms with Crippen LogP contribution in [0.25, 0.3) is 21.9 Å². The monoisotopic (exact) mass is 381 g/mol. The molecule has 0 spiro atoms. The topological polar surface area (TPSA) is 71.8 Å². The first kappa shape index (κ1) is 18.6. The van der Waals surface area contributed by atoms with E-state index in [-0.39, 0.29) is 18.2 Å². The van der Waals surface area contributed by atoms with Crippen molar-refractivity contribution < 1.29 is 9.18 Å². The van der Waals surface area contributed by atoms with E-state index in [1.165, 1.54) is 0 Å². The fraction of sp³-hybridized carbons (Fsp3) is 0.381. The molecule has 0 bridgehead atoms. The maximum atomic E-state index is 13.1. The van der Waals surface area contributed by atoms with Crippen LogP contribution in [0.2, 0.25) is 0 Å². The summed E-state index contributed by atoms with van der Waals surface area (Å²) in [5.74, 6) is 0.468. The van der Waals surface area contributed by atoms with Crippen LogP contribution >= 0.6 is 0 Å². The van der Waals surface area contributed by atoms with E-state index in [2.05, 4.69) is 20.7 Å². The van der Waals surface area contributed by atoms with Crippen LogP contribution in [0.4, 0.5) is 10.2 Å². The molecule has 6 nitrogen and oxygen atoms in total. The smallest absolute Gasteiger partial charge is 0.228 e. The molecule has 1 amide bonds. The Morgan fingerprint density at radius 1 is 1.29 bits per heavy atom. The van der Waals surface area contributed by atoms with E-state index < -0.39 is 6.67 Å². The van der Waals surface area contributed by atoms with Crippen LogP contribution in [0.3, 0.4) is 0 Å². The molecule has 0 aliphatic carbocycles. The second-order valence-electron chi connectivity index (χ2n) is 7.25. The molecule has 2 aromatic heterocycles. The van der Waals surface area contributed by atoms with Gasteiger partial charge in [0, 0.05) is 36.5 Å². The fourth-order valence-corrected chi connectivity index (χ4v) is 3.74. The van der Waals surface area contributed by atoms with Gasteiger partial charge in [-0.2, -0.15) is 5.10 Å². The van der Waals surface area contributed by atoms with Gasteiger partial charge in [0.05, 0.1) is 18.6 Å². The van der Waals surface area contributed by atoms with Crippen molar-refractivity contribution in [1.29, 1.82) is 0 Å². The van der Waals surface area contributed by atoms with Crippen LogP contribution in [-0.4, -0.2) is 40.4 Å². The first-order chi connectivity index (χ1) is 13.6. The van der Waals surface area contributed by atoms with Gasteiger partial charge >= 0.3 is 0 Å². The zero-order chi connectivity index (χ0) is 19.5. The number of rotatable bonds is 5. The standard InChI is InChI=1S/C21H24FN5O/c1-27-13-17(12-24-27)15-2-3-18-16(10-15)11-20(25-19(18)4-7-22)26-21(28)14-5-8-23-9-6-14/h2-3,10-14,23H,4-9H2,1H3,(H,25,26,28). The molecule has 0 radical (unpaired) electrons. The van der Waals surface area contributed by atoms with Crippen molar-refractivity contribution in [3.8, 4) is 11.1 Å². The summed E-state index contributed by atoms with van der Waals surface area (Å²) in [5.41, 5.74) is 2.69. The van der Waals surface area contributed by atoms with Gasteiger partial charge in [0.2, 0.25) is 5.91 Å². The molecule has 146 valence electrons. The molecule has 1 fully saturated rings. The molecular weight excluding hydrogens is 357 g/mol. The van der Waals surface area contributed by atoms with Crippen LogP contribution in [0, 0.1) is 5.92 Å². The Morgan fingerprint density at radius 2 is 2.11 bits per heavy atom. The summed E-state index contributed by atoms with van der Waals surface area (Å²) in [5, 5.41) is 12.3. The zero-order valence-electron chi connectivity index (χ0n) is 15.9. The van der Waals surface area contributed by atoms with Crippen LogP contribution in [-0.2, 0) is 18.3 Å². The largest absolute Gasteiger partial charge is 0.317 e. The summed E-state index contributed by atoms with van der Waals surface area (Å²) in [7, 11) is 1.88. The molecule has 0 unspecified atom stereocenters. The Balaban J connectivity index is 1.68. The van der Waals surface area contributed by atoms with Crippen molar-refractivity contribution >= 4 is 22.5 Å². The number of carbonyl (C=O) groups is 1. The predicted octanol–water partition coefficient (Wildman–Crippen LogP) is 3.09. The van der Waals surface area contributed by atoms with Crippen molar-refractivity contribution in [3.05, 3.63) is 42.4 Å². The van der Waals surface area contributed by atoms with Crippen LogP contribution in [0.1, 0.15) is 18.5 Å². The van der Waals surface area contributed by atoms with E-state index in [0.29, 0.717) is 11.5 Å². The molecule has 0 saturated carbocycles. The van der Waals surface area contributed by atoms with Gasteiger partial charge in [-0.3, -0.25) is 13.9 Å². The SMILES string of the molecule is Cn1cc(-c2ccc3c(CCF)nc(NC(=O)C4CCNCC4)cc3c2)cn1. The summed E-state index contributed by atoms with van der Waals surface area (Å²) in [6.45, 7) is 1.22. The number of carbonyl (C=O) groups excluding carboxylic acids is 1. The molecule has 1 saturated heterocycles. The van der Waals surface area contributed by atoms with Gasteiger partial charge in [0.25, 0.3) is 0 Å². The molecule has 1 aliphatic heterocycles. The highest BCUT2D eigenvalue weighted by Gasteiger charge is 2.21. The number of alkyl halides is 1. The number of pyridine rings is 1. The summed E-state index contributed by atoms with van der Waals surface area (Å²) in [6.07, 6.45) is 5.62. The Morgan fingerprint density at radius 3 is 2.82 bits per heavy atom. The third kappa shape index (κ3) is 3.89. The summed E-state index contributed by atoms with van der Waals surface area (Å²) >= 11 is 0. The van der Waals surface area contributed by atoms with Crippen molar-refractivity contribution in [2.75, 3.05) is 25.1 Å². The summed E-state index contributed by atoms with van der Waals surface area (Å²) < 4.78 is 14.8. The minimum Gasteiger partial charge on any atom is -0.317 e. The number of fused-ring (bicyclic) bond motifs is 1. The lowest BCUT2D eigenvalue weighted by molar-refractivity contribution is -0.120. The molecule has 7 heteroatoms. The molecular formula is C21H24FN5O. The number of nitrogens with zero attached hydrogens (tertiary/aromatic N) is 3. The van der Waals surface area contributed by atoms with Gasteiger partial charge in [-0.15, -0.1) is 0 Å². The first-order valence-corrected chi connectivity index (χ1v) is 9.64. The van der Waals surface area contributed by atoms with E-state index in [1.807, 2.05) is 43.7 Å². The van der Waals surface area contributed by atoms with Crippen LogP contribution < -0.4 is 10.6 Å². The number of hydrogen-bond donors (Lipinski definition) is 2. The lowest BCUT2D eigenvalue weighted by Crippen LogP contribution is -2.34. The van der Waals surface area contributed by atoms with Gasteiger partial charge in [0.1, 0.15) is 5.82 Å². The van der Waals surface area contributed by atoms with Crippen molar-refractivity contribution in [1.82, 2.24) is 20.1 Å². The van der Waals surface area contributed by atoms with Crippen LogP contribution in [0.5, 0.6) is 0 Å². The van der Waals surface area contributed by atoms with E-state index in [0.717, 1.165) is 47.8 Å².